The van der Waals surface area contributed by atoms with Crippen LogP contribution in [0.1, 0.15) is 25.6 Å². The number of aryl methyl sites for hydroxylation is 2. The molecule has 1 fully saturated rings. The van der Waals surface area contributed by atoms with Gasteiger partial charge >= 0.3 is 0 Å². The molecule has 0 atom stereocenters. The smallest absolute Gasteiger partial charge is 0.259 e. The Labute approximate surface area is 101 Å². The largest absolute Gasteiger partial charge is 0.393 e. The number of nitrogens with one attached hydrogen (secondary N) is 1. The molecule has 1 saturated carbocycles. The van der Waals surface area contributed by atoms with Gasteiger partial charge in [-0.3, -0.25) is 0 Å². The van der Waals surface area contributed by atoms with Gasteiger partial charge in [-0.05, 0) is 26.7 Å². The first-order chi connectivity index (χ1) is 7.92. The van der Waals surface area contributed by atoms with Crippen LogP contribution in [0.3, 0.4) is 0 Å². The Kier molecular flexibility index (Phi) is 3.24. The predicted molar refractivity (Wildman–Crippen MR) is 62.0 cm³/mol. The number of aromatic nitrogens is 2. The van der Waals surface area contributed by atoms with Crippen molar-refractivity contribution in [2.24, 2.45) is 0 Å². The number of rotatable bonds is 4. The van der Waals surface area contributed by atoms with Gasteiger partial charge < -0.3 is 9.67 Å². The van der Waals surface area contributed by atoms with Crippen molar-refractivity contribution in [1.29, 1.82) is 0 Å². The van der Waals surface area contributed by atoms with E-state index in [0.717, 1.165) is 0 Å². The van der Waals surface area contributed by atoms with Crippen molar-refractivity contribution in [3.8, 4) is 0 Å². The summed E-state index contributed by atoms with van der Waals surface area (Å²) in [7, 11) is -3.55. The highest BCUT2D eigenvalue weighted by Crippen LogP contribution is 2.21. The Morgan fingerprint density at radius 1 is 1.59 bits per heavy atom. The Morgan fingerprint density at radius 3 is 2.71 bits per heavy atom. The molecule has 1 aliphatic carbocycles. The molecule has 1 heterocycles. The maximum absolute atomic E-state index is 12.0. The molecule has 0 unspecified atom stereocenters. The van der Waals surface area contributed by atoms with Gasteiger partial charge in [-0.15, -0.1) is 0 Å². The van der Waals surface area contributed by atoms with Crippen LogP contribution in [0, 0.1) is 6.92 Å². The molecule has 0 bridgehead atoms. The molecule has 0 aromatic carbocycles. The summed E-state index contributed by atoms with van der Waals surface area (Å²) in [6.07, 6.45) is 2.12. The van der Waals surface area contributed by atoms with E-state index in [9.17, 15) is 8.42 Å². The van der Waals surface area contributed by atoms with Crippen molar-refractivity contribution in [3.05, 3.63) is 12.0 Å². The summed E-state index contributed by atoms with van der Waals surface area (Å²) in [5.41, 5.74) is 0. The minimum absolute atomic E-state index is 0.0539. The van der Waals surface area contributed by atoms with Gasteiger partial charge in [0, 0.05) is 18.8 Å². The third kappa shape index (κ3) is 2.51. The molecule has 2 N–H and O–H groups in total. The van der Waals surface area contributed by atoms with E-state index < -0.39 is 10.0 Å². The molecule has 7 heteroatoms. The standard InChI is InChI=1S/C10H17N3O3S/c1-3-13-6-10(11-7(13)2)17(15,16)12-8-4-9(14)5-8/h6,8-9,12,14H,3-5H2,1-2H3. The zero-order valence-corrected chi connectivity index (χ0v) is 10.7. The number of aliphatic hydroxyl groups excluding tert-OH is 1. The molecule has 17 heavy (non-hydrogen) atoms. The third-order valence-corrected chi connectivity index (χ3v) is 4.40. The number of sulfonamides is 1. The number of hydrogen-bond acceptors (Lipinski definition) is 4. The summed E-state index contributed by atoms with van der Waals surface area (Å²) >= 11 is 0. The molecule has 6 nitrogen and oxygen atoms in total. The first-order valence-electron chi connectivity index (χ1n) is 5.66. The Balaban J connectivity index is 2.14. The van der Waals surface area contributed by atoms with Gasteiger partial charge in [0.25, 0.3) is 10.0 Å². The van der Waals surface area contributed by atoms with Gasteiger partial charge in [-0.25, -0.2) is 18.1 Å². The monoisotopic (exact) mass is 259 g/mol. The SMILES string of the molecule is CCn1cc(S(=O)(=O)NC2CC(O)C2)nc1C. The molecule has 0 amide bonds. The second-order valence-corrected chi connectivity index (χ2v) is 6.02. The van der Waals surface area contributed by atoms with Crippen LogP contribution < -0.4 is 4.72 Å². The van der Waals surface area contributed by atoms with Gasteiger partial charge in [0.15, 0.2) is 5.03 Å². The van der Waals surface area contributed by atoms with Crippen molar-refractivity contribution in [2.75, 3.05) is 0 Å². The van der Waals surface area contributed by atoms with Crippen molar-refractivity contribution in [1.82, 2.24) is 14.3 Å². The van der Waals surface area contributed by atoms with Crippen LogP contribution in [0.25, 0.3) is 0 Å². The highest BCUT2D eigenvalue weighted by molar-refractivity contribution is 7.89. The summed E-state index contributed by atoms with van der Waals surface area (Å²) in [6.45, 7) is 4.40. The molecular weight excluding hydrogens is 242 g/mol. The fraction of sp³-hybridized carbons (Fsp3) is 0.700. The van der Waals surface area contributed by atoms with E-state index in [-0.39, 0.29) is 17.2 Å². The number of nitrogens with zero attached hydrogens (tertiary/aromatic N) is 2. The first-order valence-corrected chi connectivity index (χ1v) is 7.15. The Bertz CT molecular complexity index is 503. The highest BCUT2D eigenvalue weighted by Gasteiger charge is 2.32. The van der Waals surface area contributed by atoms with Crippen molar-refractivity contribution >= 4 is 10.0 Å². The zero-order valence-electron chi connectivity index (χ0n) is 9.92. The van der Waals surface area contributed by atoms with E-state index in [1.54, 1.807) is 11.5 Å². The Morgan fingerprint density at radius 2 is 2.24 bits per heavy atom. The average molecular weight is 259 g/mol. The van der Waals surface area contributed by atoms with Gasteiger partial charge in [-0.2, -0.15) is 0 Å². The molecule has 1 aromatic heterocycles. The quantitative estimate of drug-likeness (QED) is 0.798. The second-order valence-electron chi connectivity index (χ2n) is 4.36. The van der Waals surface area contributed by atoms with Gasteiger partial charge in [0.1, 0.15) is 5.82 Å². The van der Waals surface area contributed by atoms with Crippen LogP contribution in [0.15, 0.2) is 11.2 Å². The summed E-state index contributed by atoms with van der Waals surface area (Å²) in [6, 6.07) is -0.165. The minimum atomic E-state index is -3.55. The average Bonchev–Trinajstić information content (AvgIpc) is 2.58. The lowest BCUT2D eigenvalue weighted by atomic mass is 9.91. The van der Waals surface area contributed by atoms with E-state index in [1.807, 2.05) is 6.92 Å². The number of imidazole rings is 1. The summed E-state index contributed by atoms with van der Waals surface area (Å²) < 4.78 is 28.2. The van der Waals surface area contributed by atoms with Crippen molar-refractivity contribution < 1.29 is 13.5 Å². The lowest BCUT2D eigenvalue weighted by molar-refractivity contribution is 0.0712. The van der Waals surface area contributed by atoms with Crippen LogP contribution in [0.5, 0.6) is 0 Å². The van der Waals surface area contributed by atoms with Gasteiger partial charge in [0.2, 0.25) is 0 Å². The minimum Gasteiger partial charge on any atom is -0.393 e. The third-order valence-electron chi connectivity index (χ3n) is 3.00. The van der Waals surface area contributed by atoms with E-state index in [2.05, 4.69) is 9.71 Å². The fourth-order valence-corrected chi connectivity index (χ4v) is 3.16. The van der Waals surface area contributed by atoms with Gasteiger partial charge in [-0.1, -0.05) is 0 Å². The van der Waals surface area contributed by atoms with Crippen molar-refractivity contribution in [3.63, 3.8) is 0 Å². The molecular formula is C10H17N3O3S. The Hall–Kier alpha value is -0.920. The van der Waals surface area contributed by atoms with Crippen LogP contribution in [-0.2, 0) is 16.6 Å². The van der Waals surface area contributed by atoms with E-state index in [4.69, 9.17) is 5.11 Å². The number of hydrogen-bond donors (Lipinski definition) is 2. The van der Waals surface area contributed by atoms with E-state index in [0.29, 0.717) is 25.2 Å². The fourth-order valence-electron chi connectivity index (χ4n) is 1.89. The van der Waals surface area contributed by atoms with Crippen LogP contribution in [-0.4, -0.2) is 35.2 Å². The lowest BCUT2D eigenvalue weighted by Crippen LogP contribution is -2.46. The summed E-state index contributed by atoms with van der Waals surface area (Å²) in [5.74, 6) is 0.682. The molecule has 1 aromatic rings. The van der Waals surface area contributed by atoms with Crippen molar-refractivity contribution in [2.45, 2.75) is 50.4 Å². The highest BCUT2D eigenvalue weighted by atomic mass is 32.2. The zero-order chi connectivity index (χ0) is 12.6. The maximum atomic E-state index is 12.0. The maximum Gasteiger partial charge on any atom is 0.259 e. The molecule has 0 saturated heterocycles. The second kappa shape index (κ2) is 4.40. The molecule has 0 aliphatic heterocycles. The lowest BCUT2D eigenvalue weighted by Gasteiger charge is -2.31. The van der Waals surface area contributed by atoms with Gasteiger partial charge in [0.05, 0.1) is 6.10 Å². The molecule has 1 aliphatic rings. The molecule has 0 spiro atoms. The van der Waals surface area contributed by atoms with Crippen LogP contribution in [0.2, 0.25) is 0 Å². The van der Waals surface area contributed by atoms with Crippen LogP contribution >= 0.6 is 0 Å². The molecule has 0 radical (unpaired) electrons. The normalized spacial score (nSPS) is 24.6. The first kappa shape index (κ1) is 12.5. The summed E-state index contributed by atoms with van der Waals surface area (Å²) in [4.78, 5) is 4.03. The number of aliphatic hydroxyl groups is 1. The topological polar surface area (TPSA) is 84.2 Å². The molecule has 2 rings (SSSR count). The van der Waals surface area contributed by atoms with Crippen LogP contribution in [0.4, 0.5) is 0 Å². The van der Waals surface area contributed by atoms with E-state index >= 15 is 0 Å². The summed E-state index contributed by atoms with van der Waals surface area (Å²) in [5, 5.41) is 9.17. The predicted octanol–water partition coefficient (Wildman–Crippen LogP) is 0.0130. The molecule has 96 valence electrons. The van der Waals surface area contributed by atoms with E-state index in [1.165, 1.54) is 6.20 Å².